The van der Waals surface area contributed by atoms with Crippen molar-refractivity contribution in [3.05, 3.63) is 53.5 Å². The van der Waals surface area contributed by atoms with E-state index in [4.69, 9.17) is 4.74 Å². The smallest absolute Gasteiger partial charge is 0.408 e. The molecule has 1 aromatic heterocycles. The van der Waals surface area contributed by atoms with Gasteiger partial charge in [0.05, 0.1) is 15.7 Å². The van der Waals surface area contributed by atoms with E-state index < -0.39 is 5.60 Å². The molecule has 154 valence electrons. The number of fused-ring (bicyclic) bond motifs is 4. The molecule has 1 unspecified atom stereocenters. The van der Waals surface area contributed by atoms with Gasteiger partial charge in [0.2, 0.25) is 0 Å². The Morgan fingerprint density at radius 3 is 2.57 bits per heavy atom. The van der Waals surface area contributed by atoms with Crippen molar-refractivity contribution in [1.29, 1.82) is 0 Å². The zero-order chi connectivity index (χ0) is 20.1. The molecule has 0 spiro atoms. The fraction of sp³-hybridized carbons (Fsp3) is 0.417. The van der Waals surface area contributed by atoms with Gasteiger partial charge < -0.3 is 15.0 Å². The highest BCUT2D eigenvalue weighted by Gasteiger charge is 2.49. The quantitative estimate of drug-likeness (QED) is 0.662. The predicted octanol–water partition coefficient (Wildman–Crippen LogP) is 4.77. The predicted molar refractivity (Wildman–Crippen MR) is 119 cm³/mol. The van der Waals surface area contributed by atoms with E-state index in [2.05, 4.69) is 57.7 Å². The number of hydrogen-bond acceptors (Lipinski definition) is 5. The van der Waals surface area contributed by atoms with E-state index in [1.165, 1.54) is 30.6 Å². The summed E-state index contributed by atoms with van der Waals surface area (Å²) in [6.07, 6.45) is 3.90. The highest BCUT2D eigenvalue weighted by molar-refractivity contribution is 7.16. The molecule has 4 fully saturated rings. The summed E-state index contributed by atoms with van der Waals surface area (Å²) in [6, 6.07) is 15.1. The second-order valence-corrected chi connectivity index (χ2v) is 9.77. The maximum atomic E-state index is 12.6. The van der Waals surface area contributed by atoms with Crippen LogP contribution in [0.2, 0.25) is 0 Å². The molecule has 1 amide bonds. The van der Waals surface area contributed by atoms with Gasteiger partial charge >= 0.3 is 6.09 Å². The fourth-order valence-corrected chi connectivity index (χ4v) is 5.71. The van der Waals surface area contributed by atoms with Gasteiger partial charge in [0.1, 0.15) is 5.60 Å². The number of thiazole rings is 1. The molecule has 3 aromatic rings. The molecular weight excluding hydrogens is 394 g/mol. The Labute approximate surface area is 180 Å². The summed E-state index contributed by atoms with van der Waals surface area (Å²) >= 11 is 1.66. The summed E-state index contributed by atoms with van der Waals surface area (Å²) in [7, 11) is 0. The van der Waals surface area contributed by atoms with E-state index in [-0.39, 0.29) is 12.1 Å². The first-order valence-corrected chi connectivity index (χ1v) is 11.7. The highest BCUT2D eigenvalue weighted by Crippen LogP contribution is 2.49. The van der Waals surface area contributed by atoms with Crippen molar-refractivity contribution in [2.75, 3.05) is 19.6 Å². The van der Waals surface area contributed by atoms with E-state index in [1.807, 2.05) is 5.51 Å². The minimum atomic E-state index is -0.449. The van der Waals surface area contributed by atoms with Gasteiger partial charge in [-0.3, -0.25) is 0 Å². The first-order chi connectivity index (χ1) is 14.7. The summed E-state index contributed by atoms with van der Waals surface area (Å²) in [4.78, 5) is 19.5. The van der Waals surface area contributed by atoms with Gasteiger partial charge in [0, 0.05) is 12.6 Å². The summed E-state index contributed by atoms with van der Waals surface area (Å²) in [5, 5.41) is 3.16. The number of rotatable bonds is 4. The number of alkyl carbamates (subject to hydrolysis) is 1. The molecule has 5 nitrogen and oxygen atoms in total. The number of nitrogens with zero attached hydrogens (tertiary/aromatic N) is 2. The van der Waals surface area contributed by atoms with Crippen LogP contribution >= 0.6 is 11.3 Å². The molecule has 3 saturated heterocycles. The molecule has 2 bridgehead atoms. The van der Waals surface area contributed by atoms with Gasteiger partial charge in [0.25, 0.3) is 0 Å². The van der Waals surface area contributed by atoms with Gasteiger partial charge in [-0.25, -0.2) is 9.78 Å². The molecule has 1 aliphatic carbocycles. The first kappa shape index (κ1) is 18.3. The molecule has 3 aliphatic heterocycles. The van der Waals surface area contributed by atoms with Gasteiger partial charge in [-0.15, -0.1) is 11.3 Å². The van der Waals surface area contributed by atoms with Crippen LogP contribution in [0.1, 0.15) is 31.2 Å². The van der Waals surface area contributed by atoms with Crippen LogP contribution in [-0.4, -0.2) is 41.7 Å². The summed E-state index contributed by atoms with van der Waals surface area (Å²) in [6.45, 7) is 3.30. The number of ether oxygens (including phenoxy) is 1. The van der Waals surface area contributed by atoms with E-state index >= 15 is 0 Å². The maximum absolute atomic E-state index is 12.6. The van der Waals surface area contributed by atoms with Crippen molar-refractivity contribution in [3.8, 4) is 11.1 Å². The molecule has 1 saturated carbocycles. The van der Waals surface area contributed by atoms with E-state index in [9.17, 15) is 4.79 Å². The highest BCUT2D eigenvalue weighted by atomic mass is 32.1. The van der Waals surface area contributed by atoms with Gasteiger partial charge in [0.15, 0.2) is 0 Å². The second kappa shape index (κ2) is 7.06. The minimum Gasteiger partial charge on any atom is -0.438 e. The number of carbonyl (C=O) groups excluding carboxylic acids is 1. The summed E-state index contributed by atoms with van der Waals surface area (Å²) in [5.41, 5.74) is 5.87. The monoisotopic (exact) mass is 419 g/mol. The molecule has 1 atom stereocenters. The molecule has 2 aromatic carbocycles. The molecule has 30 heavy (non-hydrogen) atoms. The Hall–Kier alpha value is -2.44. The van der Waals surface area contributed by atoms with Crippen LogP contribution in [0.3, 0.4) is 0 Å². The third-order valence-corrected chi connectivity index (χ3v) is 7.84. The van der Waals surface area contributed by atoms with Crippen LogP contribution in [0.5, 0.6) is 0 Å². The lowest BCUT2D eigenvalue weighted by atomic mass is 9.84. The molecule has 4 aliphatic rings. The molecule has 4 heterocycles. The standard InChI is InChI=1S/C24H25N3O2S/c28-23(26-21-14-27-11-7-17(21)8-12-27)29-24(9-10-24)19-4-1-16(2-5-19)18-3-6-22-20(13-18)25-15-30-22/h1-6,13,15,17,21H,7-12,14H2,(H,26,28). The van der Waals surface area contributed by atoms with E-state index in [1.54, 1.807) is 11.3 Å². The van der Waals surface area contributed by atoms with Gasteiger partial charge in [-0.05, 0) is 73.5 Å². The van der Waals surface area contributed by atoms with Crippen molar-refractivity contribution in [2.24, 2.45) is 5.92 Å². The number of hydrogen-bond donors (Lipinski definition) is 1. The Morgan fingerprint density at radius 2 is 1.87 bits per heavy atom. The number of amides is 1. The van der Waals surface area contributed by atoms with Gasteiger partial charge in [-0.2, -0.15) is 0 Å². The topological polar surface area (TPSA) is 54.5 Å². The second-order valence-electron chi connectivity index (χ2n) is 8.88. The Bertz CT molecular complexity index is 1080. The van der Waals surface area contributed by atoms with Crippen molar-refractivity contribution in [3.63, 3.8) is 0 Å². The Balaban J connectivity index is 1.15. The van der Waals surface area contributed by atoms with Crippen molar-refractivity contribution in [2.45, 2.75) is 37.3 Å². The van der Waals surface area contributed by atoms with Crippen molar-refractivity contribution in [1.82, 2.24) is 15.2 Å². The number of aromatic nitrogens is 1. The van der Waals surface area contributed by atoms with E-state index in [0.29, 0.717) is 5.92 Å². The van der Waals surface area contributed by atoms with Crippen molar-refractivity contribution >= 4 is 27.6 Å². The van der Waals surface area contributed by atoms with E-state index in [0.717, 1.165) is 41.6 Å². The largest absolute Gasteiger partial charge is 0.438 e. The van der Waals surface area contributed by atoms with Crippen LogP contribution in [0, 0.1) is 5.92 Å². The van der Waals surface area contributed by atoms with Gasteiger partial charge in [-0.1, -0.05) is 30.3 Å². The van der Waals surface area contributed by atoms with Crippen LogP contribution < -0.4 is 5.32 Å². The Kier molecular flexibility index (Phi) is 4.32. The SMILES string of the molecule is O=C(NC1CN2CCC1CC2)OC1(c2ccc(-c3ccc4scnc4c3)cc2)CC1. The maximum Gasteiger partial charge on any atom is 0.408 e. The number of piperidine rings is 3. The van der Waals surface area contributed by atoms with Crippen LogP contribution in [0.4, 0.5) is 4.79 Å². The van der Waals surface area contributed by atoms with Crippen LogP contribution in [-0.2, 0) is 10.3 Å². The van der Waals surface area contributed by atoms with Crippen LogP contribution in [0.15, 0.2) is 48.0 Å². The molecule has 7 rings (SSSR count). The summed E-state index contributed by atoms with van der Waals surface area (Å²) in [5.74, 6) is 0.604. The first-order valence-electron chi connectivity index (χ1n) is 10.8. The molecule has 0 radical (unpaired) electrons. The number of nitrogens with one attached hydrogen (secondary N) is 1. The lowest BCUT2D eigenvalue weighted by Crippen LogP contribution is -2.57. The van der Waals surface area contributed by atoms with Crippen LogP contribution in [0.25, 0.3) is 21.3 Å². The average molecular weight is 420 g/mol. The zero-order valence-electron chi connectivity index (χ0n) is 16.8. The summed E-state index contributed by atoms with van der Waals surface area (Å²) < 4.78 is 7.16. The lowest BCUT2D eigenvalue weighted by molar-refractivity contribution is 0.0472. The lowest BCUT2D eigenvalue weighted by Gasteiger charge is -2.44. The third-order valence-electron chi connectivity index (χ3n) is 7.03. The molecular formula is C24H25N3O2S. The number of carbonyl (C=O) groups is 1. The minimum absolute atomic E-state index is 0.235. The number of benzene rings is 2. The normalized spacial score (nSPS) is 26.5. The average Bonchev–Trinajstić information content (AvgIpc) is 3.40. The Morgan fingerprint density at radius 1 is 1.10 bits per heavy atom. The molecule has 6 heteroatoms. The fourth-order valence-electron chi connectivity index (χ4n) is 5.05. The van der Waals surface area contributed by atoms with Crippen molar-refractivity contribution < 1.29 is 9.53 Å². The molecule has 1 N–H and O–H groups in total. The zero-order valence-corrected chi connectivity index (χ0v) is 17.7. The third kappa shape index (κ3) is 3.28.